The van der Waals surface area contributed by atoms with Gasteiger partial charge >= 0.3 is 5.97 Å². The lowest BCUT2D eigenvalue weighted by molar-refractivity contribution is -0.0592. The van der Waals surface area contributed by atoms with E-state index in [2.05, 4.69) is 19.4 Å². The second-order valence-corrected chi connectivity index (χ2v) is 11.2. The molecule has 2 aromatic carbocycles. The molecule has 10 nitrogen and oxygen atoms in total. The molecule has 0 saturated carbocycles. The van der Waals surface area contributed by atoms with Crippen LogP contribution in [0.4, 0.5) is 4.39 Å². The normalized spacial score (nSPS) is 17.7. The summed E-state index contributed by atoms with van der Waals surface area (Å²) in [5.41, 5.74) is 4.38. The number of fused-ring (bicyclic) bond motifs is 2. The highest BCUT2D eigenvalue weighted by atomic mass is 19.1. The van der Waals surface area contributed by atoms with E-state index in [0.29, 0.717) is 35.6 Å². The molecule has 0 aliphatic carbocycles. The fraction of sp³-hybridized carbons (Fsp3) is 0.344. The molecule has 11 heteroatoms. The molecule has 1 atom stereocenters. The monoisotopic (exact) mass is 582 g/mol. The number of imidazole rings is 1. The number of carboxylic acid groups (broad SMARTS) is 1. The minimum atomic E-state index is -0.947. The van der Waals surface area contributed by atoms with Gasteiger partial charge in [-0.05, 0) is 62.7 Å². The number of pyridine rings is 1. The first-order valence-electron chi connectivity index (χ1n) is 14.6. The summed E-state index contributed by atoms with van der Waals surface area (Å²) in [4.78, 5) is 32.0. The quantitative estimate of drug-likeness (QED) is 0.257. The van der Waals surface area contributed by atoms with Crippen molar-refractivity contribution in [1.82, 2.24) is 29.4 Å². The standard InChI is InChI=1S/C32H31FN6O4/c33-24-16-28-27(34-9-10-35-28)14-22(24)19-43-31-3-1-2-25(37-31)20-6-11-38(12-7-20)18-30-36-26-5-4-21(32(40)41)15-29(26)39(30)17-23-8-13-42-23/h1-5,9-10,14-16,20,23H,6-8,11-13,17-19H2,(H,40,41)/t23-/m0/s1. The lowest BCUT2D eigenvalue weighted by Crippen LogP contribution is -2.35. The Morgan fingerprint density at radius 3 is 2.53 bits per heavy atom. The Labute approximate surface area is 247 Å². The van der Waals surface area contributed by atoms with Gasteiger partial charge in [-0.2, -0.15) is 0 Å². The Bertz CT molecular complexity index is 1800. The van der Waals surface area contributed by atoms with Gasteiger partial charge in [-0.3, -0.25) is 14.9 Å². The molecule has 2 fully saturated rings. The summed E-state index contributed by atoms with van der Waals surface area (Å²) in [6.45, 7) is 3.91. The topological polar surface area (TPSA) is 115 Å². The van der Waals surface area contributed by atoms with Crippen LogP contribution < -0.4 is 4.74 Å². The largest absolute Gasteiger partial charge is 0.478 e. The summed E-state index contributed by atoms with van der Waals surface area (Å²) in [6, 6.07) is 13.9. The zero-order chi connectivity index (χ0) is 29.3. The molecule has 2 saturated heterocycles. The summed E-state index contributed by atoms with van der Waals surface area (Å²) in [5, 5.41) is 9.51. The van der Waals surface area contributed by atoms with Crippen molar-refractivity contribution < 1.29 is 23.8 Å². The van der Waals surface area contributed by atoms with Crippen molar-refractivity contribution in [2.75, 3.05) is 19.7 Å². The number of carbonyl (C=O) groups is 1. The van der Waals surface area contributed by atoms with Gasteiger partial charge in [0.15, 0.2) is 0 Å². The van der Waals surface area contributed by atoms with Gasteiger partial charge in [-0.25, -0.2) is 19.2 Å². The van der Waals surface area contributed by atoms with Crippen LogP contribution in [0.1, 0.15) is 52.6 Å². The Morgan fingerprint density at radius 2 is 1.79 bits per heavy atom. The molecule has 1 N–H and O–H groups in total. The Balaban J connectivity index is 1.01. The molecule has 43 heavy (non-hydrogen) atoms. The van der Waals surface area contributed by atoms with E-state index >= 15 is 0 Å². The highest BCUT2D eigenvalue weighted by molar-refractivity contribution is 5.92. The van der Waals surface area contributed by atoms with Crippen molar-refractivity contribution in [2.45, 2.75) is 51.0 Å². The third-order valence-corrected chi connectivity index (χ3v) is 8.38. The molecule has 0 spiro atoms. The van der Waals surface area contributed by atoms with E-state index in [-0.39, 0.29) is 30.0 Å². The van der Waals surface area contributed by atoms with Crippen LogP contribution in [0.25, 0.3) is 22.1 Å². The minimum absolute atomic E-state index is 0.0497. The predicted octanol–water partition coefficient (Wildman–Crippen LogP) is 4.96. The van der Waals surface area contributed by atoms with Crippen LogP contribution in [-0.2, 0) is 24.4 Å². The van der Waals surface area contributed by atoms with Gasteiger partial charge in [0.1, 0.15) is 18.2 Å². The van der Waals surface area contributed by atoms with Gasteiger partial charge in [0.05, 0.1) is 46.8 Å². The van der Waals surface area contributed by atoms with Gasteiger partial charge < -0.3 is 19.1 Å². The first-order chi connectivity index (χ1) is 21.0. The highest BCUT2D eigenvalue weighted by Crippen LogP contribution is 2.30. The number of aromatic carboxylic acids is 1. The van der Waals surface area contributed by atoms with E-state index in [1.165, 1.54) is 6.07 Å². The number of carboxylic acids is 1. The maximum atomic E-state index is 14.6. The van der Waals surface area contributed by atoms with Crippen molar-refractivity contribution >= 4 is 28.0 Å². The number of halogens is 1. The number of rotatable bonds is 9. The predicted molar refractivity (Wildman–Crippen MR) is 156 cm³/mol. The SMILES string of the molecule is O=C(O)c1ccc2nc(CN3CCC(c4cccc(OCc5cc6nccnc6cc5F)n4)CC3)n(C[C@@H]3CCO3)c2c1. The third kappa shape index (κ3) is 5.78. The van der Waals surface area contributed by atoms with Crippen LogP contribution >= 0.6 is 0 Å². The van der Waals surface area contributed by atoms with Crippen LogP contribution in [0.3, 0.4) is 0 Å². The van der Waals surface area contributed by atoms with Gasteiger partial charge in [0.2, 0.25) is 5.88 Å². The van der Waals surface area contributed by atoms with Crippen LogP contribution in [0.5, 0.6) is 5.88 Å². The minimum Gasteiger partial charge on any atom is -0.478 e. The summed E-state index contributed by atoms with van der Waals surface area (Å²) in [7, 11) is 0. The first kappa shape index (κ1) is 27.4. The van der Waals surface area contributed by atoms with E-state index < -0.39 is 5.97 Å². The van der Waals surface area contributed by atoms with Gasteiger partial charge in [-0.1, -0.05) is 6.07 Å². The van der Waals surface area contributed by atoms with Crippen molar-refractivity contribution in [3.8, 4) is 5.88 Å². The highest BCUT2D eigenvalue weighted by Gasteiger charge is 2.26. The van der Waals surface area contributed by atoms with Crippen molar-refractivity contribution in [1.29, 1.82) is 0 Å². The number of aromatic nitrogens is 5. The maximum Gasteiger partial charge on any atom is 0.335 e. The van der Waals surface area contributed by atoms with Crippen molar-refractivity contribution in [2.24, 2.45) is 0 Å². The van der Waals surface area contributed by atoms with E-state index in [0.717, 1.165) is 61.5 Å². The van der Waals surface area contributed by atoms with Gasteiger partial charge in [0.25, 0.3) is 0 Å². The molecule has 3 aromatic heterocycles. The number of ether oxygens (including phenoxy) is 2. The van der Waals surface area contributed by atoms with E-state index in [1.807, 2.05) is 12.1 Å². The Morgan fingerprint density at radius 1 is 1.00 bits per heavy atom. The van der Waals surface area contributed by atoms with Crippen molar-refractivity contribution in [3.63, 3.8) is 0 Å². The summed E-state index contributed by atoms with van der Waals surface area (Å²) < 4.78 is 28.3. The fourth-order valence-corrected chi connectivity index (χ4v) is 5.88. The molecule has 0 radical (unpaired) electrons. The lowest BCUT2D eigenvalue weighted by atomic mass is 9.93. The third-order valence-electron chi connectivity index (χ3n) is 8.38. The zero-order valence-corrected chi connectivity index (χ0v) is 23.5. The second-order valence-electron chi connectivity index (χ2n) is 11.2. The molecule has 5 aromatic rings. The second kappa shape index (κ2) is 11.7. The van der Waals surface area contributed by atoms with Gasteiger partial charge in [-0.15, -0.1) is 0 Å². The molecule has 2 aliphatic heterocycles. The summed E-state index contributed by atoms with van der Waals surface area (Å²) in [5.74, 6) is 0.343. The maximum absolute atomic E-state index is 14.6. The molecule has 5 heterocycles. The first-order valence-corrected chi connectivity index (χ1v) is 14.6. The number of likely N-dealkylation sites (tertiary alicyclic amines) is 1. The molecule has 220 valence electrons. The number of benzene rings is 2. The molecule has 2 aliphatic rings. The average Bonchev–Trinajstić information content (AvgIpc) is 3.34. The van der Waals surface area contributed by atoms with E-state index in [4.69, 9.17) is 19.4 Å². The van der Waals surface area contributed by atoms with E-state index in [1.54, 1.807) is 42.7 Å². The zero-order valence-electron chi connectivity index (χ0n) is 23.5. The molecule has 7 rings (SSSR count). The Kier molecular flexibility index (Phi) is 7.42. The van der Waals surface area contributed by atoms with Crippen molar-refractivity contribution in [3.05, 3.63) is 89.4 Å². The van der Waals surface area contributed by atoms with Crippen LogP contribution in [0.15, 0.2) is 60.9 Å². The van der Waals surface area contributed by atoms with Crippen LogP contribution in [-0.4, -0.2) is 66.3 Å². The number of hydrogen-bond donors (Lipinski definition) is 1. The summed E-state index contributed by atoms with van der Waals surface area (Å²) >= 11 is 0. The van der Waals surface area contributed by atoms with Gasteiger partial charge in [0, 0.05) is 48.3 Å². The molecular formula is C32H31FN6O4. The van der Waals surface area contributed by atoms with E-state index in [9.17, 15) is 14.3 Å². The fourth-order valence-electron chi connectivity index (χ4n) is 5.88. The van der Waals surface area contributed by atoms with Crippen LogP contribution in [0.2, 0.25) is 0 Å². The lowest BCUT2D eigenvalue weighted by Gasteiger charge is -2.32. The molecule has 0 amide bonds. The smallest absolute Gasteiger partial charge is 0.335 e. The Hall–Kier alpha value is -4.48. The average molecular weight is 583 g/mol. The van der Waals surface area contributed by atoms with Crippen LogP contribution in [0, 0.1) is 5.82 Å². The molecule has 0 bridgehead atoms. The summed E-state index contributed by atoms with van der Waals surface area (Å²) in [6.07, 6.45) is 6.11. The molecular weight excluding hydrogens is 551 g/mol. The number of hydrogen-bond acceptors (Lipinski definition) is 8. The number of nitrogens with zero attached hydrogens (tertiary/aromatic N) is 6. The number of piperidine rings is 1. The molecule has 0 unspecified atom stereocenters.